The van der Waals surface area contributed by atoms with Crippen molar-refractivity contribution >= 4 is 10.1 Å². The van der Waals surface area contributed by atoms with Gasteiger partial charge >= 0.3 is 10.1 Å². The normalized spacial score (nSPS) is 11.2. The maximum absolute atomic E-state index is 12.4. The van der Waals surface area contributed by atoms with Crippen LogP contribution in [0.15, 0.2) is 53.4 Å². The van der Waals surface area contributed by atoms with Crippen molar-refractivity contribution in [3.63, 3.8) is 0 Å². The minimum absolute atomic E-state index is 0.0745. The Kier molecular flexibility index (Phi) is 6.60. The van der Waals surface area contributed by atoms with Gasteiger partial charge in [-0.05, 0) is 30.3 Å². The molecule has 7 heteroatoms. The summed E-state index contributed by atoms with van der Waals surface area (Å²) in [5.41, 5.74) is 0.755. The Morgan fingerprint density at radius 3 is 2.38 bits per heavy atom. The lowest BCUT2D eigenvalue weighted by molar-refractivity contribution is 0.199. The average molecular weight is 351 g/mol. The molecule has 0 aliphatic carbocycles. The second kappa shape index (κ2) is 8.68. The fourth-order valence-corrected chi connectivity index (χ4v) is 3.00. The molecular formula is C17H21NO5S. The Morgan fingerprint density at radius 1 is 1.00 bits per heavy atom. The third-order valence-electron chi connectivity index (χ3n) is 3.32. The highest BCUT2D eigenvalue weighted by Crippen LogP contribution is 2.24. The van der Waals surface area contributed by atoms with E-state index in [1.165, 1.54) is 19.2 Å². The first-order valence-electron chi connectivity index (χ1n) is 7.43. The second-order valence-electron chi connectivity index (χ2n) is 4.99. The number of rotatable bonds is 9. The zero-order chi connectivity index (χ0) is 17.4. The molecule has 0 atom stereocenters. The summed E-state index contributed by atoms with van der Waals surface area (Å²) >= 11 is 0. The SMILES string of the molecule is COCCNCc1ccccc1OS(=O)(=O)c1ccc(OC)cc1. The molecule has 0 radical (unpaired) electrons. The van der Waals surface area contributed by atoms with Crippen LogP contribution in [-0.4, -0.2) is 35.8 Å². The summed E-state index contributed by atoms with van der Waals surface area (Å²) in [5.74, 6) is 0.884. The van der Waals surface area contributed by atoms with Gasteiger partial charge in [0, 0.05) is 25.8 Å². The summed E-state index contributed by atoms with van der Waals surface area (Å²) in [4.78, 5) is 0.0745. The van der Waals surface area contributed by atoms with E-state index in [0.29, 0.717) is 31.2 Å². The van der Waals surface area contributed by atoms with Gasteiger partial charge in [0.25, 0.3) is 0 Å². The van der Waals surface area contributed by atoms with Gasteiger partial charge in [-0.3, -0.25) is 0 Å². The number of nitrogens with one attached hydrogen (secondary N) is 1. The Morgan fingerprint density at radius 2 is 1.71 bits per heavy atom. The van der Waals surface area contributed by atoms with Gasteiger partial charge in [-0.15, -0.1) is 0 Å². The van der Waals surface area contributed by atoms with Crippen LogP contribution in [0.25, 0.3) is 0 Å². The zero-order valence-corrected chi connectivity index (χ0v) is 14.5. The molecule has 0 unspecified atom stereocenters. The minimum Gasteiger partial charge on any atom is -0.497 e. The summed E-state index contributed by atoms with van der Waals surface area (Å²) in [6.45, 7) is 1.72. The van der Waals surface area contributed by atoms with Crippen LogP contribution in [0.2, 0.25) is 0 Å². The third-order valence-corrected chi connectivity index (χ3v) is 4.57. The lowest BCUT2D eigenvalue weighted by Crippen LogP contribution is -2.19. The number of benzene rings is 2. The van der Waals surface area contributed by atoms with Gasteiger partial charge in [0.1, 0.15) is 16.4 Å². The Bertz CT molecular complexity index is 744. The van der Waals surface area contributed by atoms with Crippen molar-refractivity contribution in [3.8, 4) is 11.5 Å². The monoisotopic (exact) mass is 351 g/mol. The molecule has 2 aromatic rings. The van der Waals surface area contributed by atoms with Gasteiger partial charge in [-0.1, -0.05) is 18.2 Å². The lowest BCUT2D eigenvalue weighted by Gasteiger charge is -2.12. The van der Waals surface area contributed by atoms with Crippen molar-refractivity contribution in [2.45, 2.75) is 11.4 Å². The lowest BCUT2D eigenvalue weighted by atomic mass is 10.2. The number of methoxy groups -OCH3 is 2. The van der Waals surface area contributed by atoms with E-state index in [2.05, 4.69) is 5.32 Å². The molecule has 0 spiro atoms. The number of hydrogen-bond acceptors (Lipinski definition) is 6. The molecule has 130 valence electrons. The Balaban J connectivity index is 2.13. The highest BCUT2D eigenvalue weighted by atomic mass is 32.2. The molecule has 0 aliphatic heterocycles. The maximum Gasteiger partial charge on any atom is 0.339 e. The summed E-state index contributed by atoms with van der Waals surface area (Å²) in [7, 11) is -0.758. The van der Waals surface area contributed by atoms with Crippen LogP contribution in [0.3, 0.4) is 0 Å². The quantitative estimate of drug-likeness (QED) is 0.551. The first-order valence-corrected chi connectivity index (χ1v) is 8.84. The highest BCUT2D eigenvalue weighted by Gasteiger charge is 2.18. The van der Waals surface area contributed by atoms with E-state index < -0.39 is 10.1 Å². The van der Waals surface area contributed by atoms with Gasteiger partial charge in [0.05, 0.1) is 13.7 Å². The molecule has 0 heterocycles. The van der Waals surface area contributed by atoms with Gasteiger partial charge in [0.2, 0.25) is 0 Å². The van der Waals surface area contributed by atoms with Gasteiger partial charge in [-0.2, -0.15) is 8.42 Å². The van der Waals surface area contributed by atoms with E-state index in [1.807, 2.05) is 12.1 Å². The third kappa shape index (κ3) is 4.95. The maximum atomic E-state index is 12.4. The molecule has 0 bridgehead atoms. The molecule has 24 heavy (non-hydrogen) atoms. The first kappa shape index (κ1) is 18.3. The average Bonchev–Trinajstić information content (AvgIpc) is 2.60. The fourth-order valence-electron chi connectivity index (χ4n) is 2.04. The second-order valence-corrected chi connectivity index (χ2v) is 6.54. The standard InChI is InChI=1S/C17H21NO5S/c1-21-12-11-18-13-14-5-3-4-6-17(14)23-24(19,20)16-9-7-15(22-2)8-10-16/h3-10,18H,11-13H2,1-2H3. The van der Waals surface area contributed by atoms with Gasteiger partial charge in [-0.25, -0.2) is 0 Å². The van der Waals surface area contributed by atoms with Crippen LogP contribution >= 0.6 is 0 Å². The van der Waals surface area contributed by atoms with Crippen molar-refractivity contribution in [1.82, 2.24) is 5.32 Å². The van der Waals surface area contributed by atoms with Crippen molar-refractivity contribution in [2.24, 2.45) is 0 Å². The molecule has 0 saturated carbocycles. The van der Waals surface area contributed by atoms with E-state index in [9.17, 15) is 8.42 Å². The van der Waals surface area contributed by atoms with Crippen LogP contribution in [0, 0.1) is 0 Å². The topological polar surface area (TPSA) is 73.9 Å². The van der Waals surface area contributed by atoms with Crippen molar-refractivity contribution in [1.29, 1.82) is 0 Å². The summed E-state index contributed by atoms with van der Waals surface area (Å²) in [6, 6.07) is 13.1. The molecule has 0 saturated heterocycles. The van der Waals surface area contributed by atoms with Crippen LogP contribution in [0.1, 0.15) is 5.56 Å². The van der Waals surface area contributed by atoms with Crippen molar-refractivity contribution < 1.29 is 22.1 Å². The van der Waals surface area contributed by atoms with E-state index in [4.69, 9.17) is 13.7 Å². The van der Waals surface area contributed by atoms with E-state index in [-0.39, 0.29) is 4.90 Å². The molecule has 2 rings (SSSR count). The number of para-hydroxylation sites is 1. The van der Waals surface area contributed by atoms with Crippen LogP contribution in [0.4, 0.5) is 0 Å². The molecule has 0 amide bonds. The van der Waals surface area contributed by atoms with E-state index in [0.717, 1.165) is 5.56 Å². The molecule has 0 fully saturated rings. The van der Waals surface area contributed by atoms with Crippen LogP contribution in [-0.2, 0) is 21.4 Å². The van der Waals surface area contributed by atoms with Crippen molar-refractivity contribution in [2.75, 3.05) is 27.4 Å². The molecule has 0 aliphatic rings. The first-order chi connectivity index (χ1) is 11.6. The van der Waals surface area contributed by atoms with Crippen LogP contribution in [0.5, 0.6) is 11.5 Å². The summed E-state index contributed by atoms with van der Waals surface area (Å²) in [5, 5.41) is 3.17. The van der Waals surface area contributed by atoms with Gasteiger partial charge in [0.15, 0.2) is 0 Å². The molecular weight excluding hydrogens is 330 g/mol. The highest BCUT2D eigenvalue weighted by molar-refractivity contribution is 7.87. The fraction of sp³-hybridized carbons (Fsp3) is 0.294. The molecule has 1 N–H and O–H groups in total. The smallest absolute Gasteiger partial charge is 0.339 e. The zero-order valence-electron chi connectivity index (χ0n) is 13.7. The Hall–Kier alpha value is -2.09. The number of ether oxygens (including phenoxy) is 2. The largest absolute Gasteiger partial charge is 0.497 e. The van der Waals surface area contributed by atoms with Crippen molar-refractivity contribution in [3.05, 3.63) is 54.1 Å². The summed E-state index contributed by atoms with van der Waals surface area (Å²) in [6.07, 6.45) is 0. The molecule has 2 aromatic carbocycles. The van der Waals surface area contributed by atoms with E-state index >= 15 is 0 Å². The number of hydrogen-bond donors (Lipinski definition) is 1. The van der Waals surface area contributed by atoms with Crippen LogP contribution < -0.4 is 14.2 Å². The van der Waals surface area contributed by atoms with E-state index in [1.54, 1.807) is 31.4 Å². The molecule has 6 nitrogen and oxygen atoms in total. The minimum atomic E-state index is -3.90. The predicted octanol–water partition coefficient (Wildman–Crippen LogP) is 2.20. The predicted molar refractivity (Wildman–Crippen MR) is 90.8 cm³/mol. The Labute approximate surface area is 142 Å². The summed E-state index contributed by atoms with van der Waals surface area (Å²) < 4.78 is 40.2. The molecule has 0 aromatic heterocycles. The van der Waals surface area contributed by atoms with Gasteiger partial charge < -0.3 is 19.0 Å².